The smallest absolute Gasteiger partial charge is 0.168 e. The van der Waals surface area contributed by atoms with Gasteiger partial charge in [-0.2, -0.15) is 8.75 Å². The van der Waals surface area contributed by atoms with Crippen molar-refractivity contribution in [3.8, 4) is 17.0 Å². The van der Waals surface area contributed by atoms with Crippen LogP contribution in [-0.2, 0) is 0 Å². The van der Waals surface area contributed by atoms with Crippen molar-refractivity contribution >= 4 is 17.5 Å². The van der Waals surface area contributed by atoms with E-state index in [-0.39, 0.29) is 0 Å². The third-order valence-electron chi connectivity index (χ3n) is 2.77. The molecule has 0 bridgehead atoms. The molecule has 0 saturated heterocycles. The lowest BCUT2D eigenvalue weighted by atomic mass is 10.1. The second kappa shape index (κ2) is 4.94. The molecule has 1 heterocycles. The highest BCUT2D eigenvalue weighted by Gasteiger charge is 2.23. The minimum absolute atomic E-state index is 0.419. The van der Waals surface area contributed by atoms with Gasteiger partial charge in [-0.15, -0.1) is 0 Å². The normalized spacial score (nSPS) is 14.5. The Hall–Kier alpha value is -1.62. The lowest BCUT2D eigenvalue weighted by Gasteiger charge is -2.06. The fraction of sp³-hybridized carbons (Fsp3) is 0.385. The summed E-state index contributed by atoms with van der Waals surface area (Å²) < 4.78 is 14.4. The van der Waals surface area contributed by atoms with Gasteiger partial charge in [-0.1, -0.05) is 12.1 Å². The number of aromatic nitrogens is 2. The van der Waals surface area contributed by atoms with Gasteiger partial charge in [0.25, 0.3) is 0 Å². The molecule has 1 saturated carbocycles. The van der Waals surface area contributed by atoms with Gasteiger partial charge in [-0.25, -0.2) is 0 Å². The molecule has 0 spiro atoms. The van der Waals surface area contributed by atoms with Gasteiger partial charge in [-0.3, -0.25) is 0 Å². The van der Waals surface area contributed by atoms with Crippen molar-refractivity contribution in [3.05, 3.63) is 24.3 Å². The Balaban J connectivity index is 1.87. The zero-order valence-electron chi connectivity index (χ0n) is 10.2. The molecule has 0 amide bonds. The second-order valence-electron chi connectivity index (χ2n) is 4.34. The fourth-order valence-corrected chi connectivity index (χ4v) is 2.30. The standard InChI is InChI=1S/C13H15N3OS/c1-2-14-13-12(15-18-16-13)9-4-3-5-11(8-9)17-10-6-7-10/h3-5,8,10H,2,6-7H2,1H3,(H,14,16). The number of anilines is 1. The van der Waals surface area contributed by atoms with Crippen molar-refractivity contribution < 1.29 is 4.74 Å². The zero-order valence-corrected chi connectivity index (χ0v) is 11.0. The maximum Gasteiger partial charge on any atom is 0.168 e. The molecule has 4 nitrogen and oxygen atoms in total. The van der Waals surface area contributed by atoms with E-state index < -0.39 is 0 Å². The summed E-state index contributed by atoms with van der Waals surface area (Å²) in [6.45, 7) is 2.90. The average molecular weight is 261 g/mol. The summed E-state index contributed by atoms with van der Waals surface area (Å²) in [7, 11) is 0. The van der Waals surface area contributed by atoms with Crippen LogP contribution in [0.3, 0.4) is 0 Å². The number of ether oxygens (including phenoxy) is 1. The van der Waals surface area contributed by atoms with Crippen LogP contribution in [0.1, 0.15) is 19.8 Å². The predicted molar refractivity (Wildman–Crippen MR) is 73.2 cm³/mol. The monoisotopic (exact) mass is 261 g/mol. The molecule has 1 aromatic carbocycles. The molecule has 1 aliphatic rings. The number of benzene rings is 1. The van der Waals surface area contributed by atoms with E-state index in [1.165, 1.54) is 24.6 Å². The van der Waals surface area contributed by atoms with Crippen LogP contribution in [0.25, 0.3) is 11.3 Å². The van der Waals surface area contributed by atoms with Crippen molar-refractivity contribution in [2.45, 2.75) is 25.9 Å². The molecule has 1 N–H and O–H groups in total. The van der Waals surface area contributed by atoms with Gasteiger partial charge in [-0.05, 0) is 31.9 Å². The Bertz CT molecular complexity index is 537. The highest BCUT2D eigenvalue weighted by Crippen LogP contribution is 2.31. The van der Waals surface area contributed by atoms with Crippen LogP contribution in [0, 0.1) is 0 Å². The molecule has 5 heteroatoms. The van der Waals surface area contributed by atoms with Crippen LogP contribution in [0.15, 0.2) is 24.3 Å². The molecule has 18 heavy (non-hydrogen) atoms. The molecule has 0 radical (unpaired) electrons. The minimum atomic E-state index is 0.419. The van der Waals surface area contributed by atoms with Crippen molar-refractivity contribution in [1.82, 2.24) is 8.75 Å². The molecule has 0 atom stereocenters. The van der Waals surface area contributed by atoms with Crippen LogP contribution in [-0.4, -0.2) is 21.4 Å². The first-order valence-corrected chi connectivity index (χ1v) is 6.93. The Kier molecular flexibility index (Phi) is 3.15. The first kappa shape index (κ1) is 11.5. The number of rotatable bonds is 5. The third kappa shape index (κ3) is 2.46. The molecule has 94 valence electrons. The van der Waals surface area contributed by atoms with Crippen molar-refractivity contribution in [2.75, 3.05) is 11.9 Å². The largest absolute Gasteiger partial charge is 0.490 e. The SMILES string of the molecule is CCNc1nsnc1-c1cccc(OC2CC2)c1. The Morgan fingerprint density at radius 3 is 3.06 bits per heavy atom. The van der Waals surface area contributed by atoms with E-state index >= 15 is 0 Å². The van der Waals surface area contributed by atoms with Gasteiger partial charge < -0.3 is 10.1 Å². The van der Waals surface area contributed by atoms with Crippen LogP contribution in [0.4, 0.5) is 5.82 Å². The number of hydrogen-bond acceptors (Lipinski definition) is 5. The molecular weight excluding hydrogens is 246 g/mol. The van der Waals surface area contributed by atoms with E-state index in [2.05, 4.69) is 21.0 Å². The number of nitrogens with zero attached hydrogens (tertiary/aromatic N) is 2. The first-order chi connectivity index (χ1) is 8.86. The van der Waals surface area contributed by atoms with Crippen molar-refractivity contribution in [2.24, 2.45) is 0 Å². The molecule has 1 aliphatic carbocycles. The van der Waals surface area contributed by atoms with E-state index in [0.29, 0.717) is 6.10 Å². The Morgan fingerprint density at radius 1 is 1.39 bits per heavy atom. The van der Waals surface area contributed by atoms with Crippen LogP contribution in [0.5, 0.6) is 5.75 Å². The molecule has 0 unspecified atom stereocenters. The lowest BCUT2D eigenvalue weighted by Crippen LogP contribution is -1.99. The second-order valence-corrected chi connectivity index (χ2v) is 4.87. The van der Waals surface area contributed by atoms with Gasteiger partial charge in [0.1, 0.15) is 11.4 Å². The summed E-state index contributed by atoms with van der Waals surface area (Å²) in [5, 5.41) is 3.22. The zero-order chi connectivity index (χ0) is 12.4. The van der Waals surface area contributed by atoms with Crippen molar-refractivity contribution in [3.63, 3.8) is 0 Å². The van der Waals surface area contributed by atoms with Gasteiger partial charge in [0.2, 0.25) is 0 Å². The summed E-state index contributed by atoms with van der Waals surface area (Å²) in [4.78, 5) is 0. The van der Waals surface area contributed by atoms with Gasteiger partial charge in [0, 0.05) is 12.1 Å². The Labute approximate surface area is 110 Å². The number of nitrogens with one attached hydrogen (secondary N) is 1. The maximum absolute atomic E-state index is 5.80. The van der Waals surface area contributed by atoms with E-state index in [4.69, 9.17) is 4.74 Å². The van der Waals surface area contributed by atoms with Crippen LogP contribution >= 0.6 is 11.7 Å². The summed E-state index contributed by atoms with van der Waals surface area (Å²) in [6, 6.07) is 8.07. The fourth-order valence-electron chi connectivity index (χ4n) is 1.76. The molecule has 3 rings (SSSR count). The van der Waals surface area contributed by atoms with E-state index in [1.807, 2.05) is 24.3 Å². The highest BCUT2D eigenvalue weighted by molar-refractivity contribution is 6.99. The topological polar surface area (TPSA) is 47.0 Å². The Morgan fingerprint density at radius 2 is 2.28 bits per heavy atom. The summed E-state index contributed by atoms with van der Waals surface area (Å²) in [6.07, 6.45) is 2.76. The third-order valence-corrected chi connectivity index (χ3v) is 3.30. The van der Waals surface area contributed by atoms with Crippen LogP contribution in [0.2, 0.25) is 0 Å². The average Bonchev–Trinajstić information content (AvgIpc) is 3.07. The summed E-state index contributed by atoms with van der Waals surface area (Å²) in [5.41, 5.74) is 1.96. The molecular formula is C13H15N3OS. The quantitative estimate of drug-likeness (QED) is 0.898. The van der Waals surface area contributed by atoms with E-state index in [0.717, 1.165) is 29.4 Å². The van der Waals surface area contributed by atoms with Crippen LogP contribution < -0.4 is 10.1 Å². The molecule has 0 aliphatic heterocycles. The minimum Gasteiger partial charge on any atom is -0.490 e. The van der Waals surface area contributed by atoms with Crippen molar-refractivity contribution in [1.29, 1.82) is 0 Å². The molecule has 1 fully saturated rings. The number of hydrogen-bond donors (Lipinski definition) is 1. The van der Waals surface area contributed by atoms with Gasteiger partial charge in [0.05, 0.1) is 17.8 Å². The predicted octanol–water partition coefficient (Wildman–Crippen LogP) is 3.18. The van der Waals surface area contributed by atoms with Gasteiger partial charge in [0.15, 0.2) is 5.82 Å². The first-order valence-electron chi connectivity index (χ1n) is 6.20. The molecule has 2 aromatic rings. The maximum atomic E-state index is 5.80. The van der Waals surface area contributed by atoms with E-state index in [9.17, 15) is 0 Å². The summed E-state index contributed by atoms with van der Waals surface area (Å²) in [5.74, 6) is 1.77. The molecule has 1 aromatic heterocycles. The lowest BCUT2D eigenvalue weighted by molar-refractivity contribution is 0.303. The highest BCUT2D eigenvalue weighted by atomic mass is 32.1. The van der Waals surface area contributed by atoms with E-state index in [1.54, 1.807) is 0 Å². The summed E-state index contributed by atoms with van der Waals surface area (Å²) >= 11 is 1.23. The van der Waals surface area contributed by atoms with Gasteiger partial charge >= 0.3 is 0 Å².